The molecule has 0 fully saturated rings. The number of nitrogens with one attached hydrogen (secondary N) is 2. The zero-order valence-corrected chi connectivity index (χ0v) is 12.1. The standard InChI is InChI=1S/C11H11BrN4O2S/c1-19(13,18)8-4-2-7(3-5-8)15-11-14-6-9(12)10(17)16-11/h2-6H,1H2,(H2,13,18)(H2,14,15,16,17). The number of benzene rings is 1. The van der Waals surface area contributed by atoms with E-state index in [1.807, 2.05) is 0 Å². The van der Waals surface area contributed by atoms with Crippen LogP contribution >= 0.6 is 15.9 Å². The van der Waals surface area contributed by atoms with Crippen LogP contribution in [0.15, 0.2) is 44.6 Å². The highest BCUT2D eigenvalue weighted by Crippen LogP contribution is 2.15. The van der Waals surface area contributed by atoms with Crippen LogP contribution in [0.3, 0.4) is 0 Å². The molecule has 8 heteroatoms. The number of nitrogens with zero attached hydrogens (tertiary/aromatic N) is 1. The van der Waals surface area contributed by atoms with Gasteiger partial charge in [0.05, 0.1) is 15.9 Å². The average Bonchev–Trinajstić information content (AvgIpc) is 2.33. The Balaban J connectivity index is 2.24. The van der Waals surface area contributed by atoms with Crippen molar-refractivity contribution in [1.29, 1.82) is 0 Å². The van der Waals surface area contributed by atoms with Gasteiger partial charge in [0.2, 0.25) is 5.95 Å². The highest BCUT2D eigenvalue weighted by Gasteiger charge is 2.03. The molecule has 100 valence electrons. The molecule has 0 saturated carbocycles. The molecule has 0 bridgehead atoms. The van der Waals surface area contributed by atoms with E-state index in [0.717, 1.165) is 0 Å². The molecule has 1 aromatic carbocycles. The molecule has 0 saturated heterocycles. The van der Waals surface area contributed by atoms with Gasteiger partial charge >= 0.3 is 0 Å². The Morgan fingerprint density at radius 1 is 1.37 bits per heavy atom. The number of hydrogen-bond acceptors (Lipinski definition) is 4. The molecular weight excluding hydrogens is 332 g/mol. The van der Waals surface area contributed by atoms with Crippen molar-refractivity contribution >= 4 is 43.1 Å². The minimum absolute atomic E-state index is 0.281. The first-order valence-electron chi connectivity index (χ1n) is 5.13. The Morgan fingerprint density at radius 2 is 2.00 bits per heavy atom. The van der Waals surface area contributed by atoms with Gasteiger partial charge in [-0.3, -0.25) is 14.9 Å². The Morgan fingerprint density at radius 3 is 2.53 bits per heavy atom. The van der Waals surface area contributed by atoms with E-state index in [-0.39, 0.29) is 5.56 Å². The van der Waals surface area contributed by atoms with Crippen LogP contribution in [0.5, 0.6) is 0 Å². The molecule has 0 amide bonds. The van der Waals surface area contributed by atoms with Gasteiger partial charge in [0.25, 0.3) is 5.56 Å². The number of rotatable bonds is 3. The van der Waals surface area contributed by atoms with Crippen molar-refractivity contribution < 1.29 is 4.21 Å². The molecule has 1 unspecified atom stereocenters. The van der Waals surface area contributed by atoms with E-state index in [2.05, 4.69) is 37.1 Å². The first-order valence-corrected chi connectivity index (χ1v) is 7.71. The summed E-state index contributed by atoms with van der Waals surface area (Å²) in [5.74, 6) is 3.71. The van der Waals surface area contributed by atoms with Crippen LogP contribution in [0.25, 0.3) is 0 Å². The number of nitrogens with two attached hydrogens (primary N) is 1. The van der Waals surface area contributed by atoms with Crippen LogP contribution in [0, 0.1) is 0 Å². The van der Waals surface area contributed by atoms with Crippen LogP contribution in [0.4, 0.5) is 11.6 Å². The third-order valence-electron chi connectivity index (χ3n) is 2.27. The lowest BCUT2D eigenvalue weighted by Crippen LogP contribution is -2.12. The van der Waals surface area contributed by atoms with Gasteiger partial charge in [-0.05, 0) is 46.1 Å². The Kier molecular flexibility index (Phi) is 3.74. The summed E-state index contributed by atoms with van der Waals surface area (Å²) in [7, 11) is -2.71. The quantitative estimate of drug-likeness (QED) is 0.730. The van der Waals surface area contributed by atoms with E-state index in [0.29, 0.717) is 21.0 Å². The van der Waals surface area contributed by atoms with Crippen LogP contribution in [0.1, 0.15) is 0 Å². The highest BCUT2D eigenvalue weighted by atomic mass is 79.9. The fraction of sp³-hybridized carbons (Fsp3) is 0. The van der Waals surface area contributed by atoms with E-state index in [9.17, 15) is 9.00 Å². The van der Waals surface area contributed by atoms with Crippen molar-refractivity contribution in [2.45, 2.75) is 4.90 Å². The van der Waals surface area contributed by atoms with Crippen molar-refractivity contribution in [2.75, 3.05) is 5.32 Å². The SMILES string of the molecule is C=S(N)(=O)c1ccc(Nc2ncc(Br)c(=O)[nH]2)cc1. The van der Waals surface area contributed by atoms with Gasteiger partial charge in [-0.25, -0.2) is 9.19 Å². The van der Waals surface area contributed by atoms with Crippen molar-refractivity contribution in [3.8, 4) is 0 Å². The van der Waals surface area contributed by atoms with Gasteiger partial charge < -0.3 is 5.32 Å². The fourth-order valence-electron chi connectivity index (χ4n) is 1.35. The van der Waals surface area contributed by atoms with Crippen molar-refractivity contribution in [1.82, 2.24) is 9.97 Å². The molecular formula is C11H11BrN4O2S. The molecule has 0 spiro atoms. The molecule has 6 nitrogen and oxygen atoms in total. The topological polar surface area (TPSA) is 101 Å². The Hall–Kier alpha value is -1.64. The van der Waals surface area contributed by atoms with Crippen LogP contribution in [-0.2, 0) is 9.71 Å². The Labute approximate surface area is 118 Å². The molecule has 19 heavy (non-hydrogen) atoms. The predicted octanol–water partition coefficient (Wildman–Crippen LogP) is 1.22. The lowest BCUT2D eigenvalue weighted by Gasteiger charge is -2.07. The first kappa shape index (κ1) is 13.8. The predicted molar refractivity (Wildman–Crippen MR) is 80.0 cm³/mol. The summed E-state index contributed by atoms with van der Waals surface area (Å²) in [5.41, 5.74) is 0.398. The van der Waals surface area contributed by atoms with Gasteiger partial charge in [0.1, 0.15) is 4.47 Å². The third kappa shape index (κ3) is 3.43. The lowest BCUT2D eigenvalue weighted by molar-refractivity contribution is 0.682. The monoisotopic (exact) mass is 342 g/mol. The maximum Gasteiger partial charge on any atom is 0.266 e. The van der Waals surface area contributed by atoms with Gasteiger partial charge in [-0.2, -0.15) is 0 Å². The van der Waals surface area contributed by atoms with Gasteiger partial charge in [-0.1, -0.05) is 0 Å². The molecule has 2 rings (SSSR count). The summed E-state index contributed by atoms with van der Waals surface area (Å²) in [6.07, 6.45) is 1.40. The fourth-order valence-corrected chi connectivity index (χ4v) is 2.15. The smallest absolute Gasteiger partial charge is 0.266 e. The largest absolute Gasteiger partial charge is 0.326 e. The van der Waals surface area contributed by atoms with Crippen molar-refractivity contribution in [3.05, 3.63) is 45.3 Å². The van der Waals surface area contributed by atoms with E-state index in [4.69, 9.17) is 5.14 Å². The first-order chi connectivity index (χ1) is 8.86. The molecule has 0 aliphatic rings. The van der Waals surface area contributed by atoms with Crippen molar-refractivity contribution in [3.63, 3.8) is 0 Å². The number of aromatic nitrogens is 2. The zero-order valence-electron chi connectivity index (χ0n) is 9.72. The number of halogens is 1. The second-order valence-electron chi connectivity index (χ2n) is 3.78. The maximum absolute atomic E-state index is 11.5. The van der Waals surface area contributed by atoms with Gasteiger partial charge in [-0.15, -0.1) is 0 Å². The summed E-state index contributed by atoms with van der Waals surface area (Å²) >= 11 is 3.06. The minimum atomic E-state index is -2.71. The molecule has 0 aliphatic carbocycles. The normalized spacial score (nSPS) is 13.8. The number of hydrogen-bond donors (Lipinski definition) is 3. The second kappa shape index (κ2) is 5.16. The summed E-state index contributed by atoms with van der Waals surface area (Å²) in [4.78, 5) is 18.4. The number of aromatic amines is 1. The summed E-state index contributed by atoms with van der Waals surface area (Å²) in [6.45, 7) is 0. The molecule has 0 aliphatic heterocycles. The minimum Gasteiger partial charge on any atom is -0.326 e. The molecule has 1 aromatic heterocycles. The zero-order chi connectivity index (χ0) is 14.0. The van der Waals surface area contributed by atoms with E-state index < -0.39 is 9.71 Å². The Bertz CT molecular complexity index is 753. The average molecular weight is 343 g/mol. The molecule has 0 radical (unpaired) electrons. The van der Waals surface area contributed by atoms with E-state index >= 15 is 0 Å². The summed E-state index contributed by atoms with van der Waals surface area (Å²) in [6, 6.07) is 6.56. The van der Waals surface area contributed by atoms with Crippen LogP contribution < -0.4 is 16.0 Å². The van der Waals surface area contributed by atoms with Crippen LogP contribution in [-0.4, -0.2) is 20.0 Å². The van der Waals surface area contributed by atoms with Crippen molar-refractivity contribution in [2.24, 2.45) is 5.14 Å². The van der Waals surface area contributed by atoms with Gasteiger partial charge in [0.15, 0.2) is 0 Å². The molecule has 1 heterocycles. The summed E-state index contributed by atoms with van der Waals surface area (Å²) in [5, 5.41) is 8.34. The molecule has 4 N–H and O–H groups in total. The maximum atomic E-state index is 11.5. The lowest BCUT2D eigenvalue weighted by atomic mass is 10.3. The second-order valence-corrected chi connectivity index (χ2v) is 6.56. The molecule has 1 atom stereocenters. The number of H-pyrrole nitrogens is 1. The number of anilines is 2. The molecule has 2 aromatic rings. The van der Waals surface area contributed by atoms with Crippen LogP contribution in [0.2, 0.25) is 0 Å². The van der Waals surface area contributed by atoms with Gasteiger partial charge in [0, 0.05) is 10.6 Å². The summed E-state index contributed by atoms with van der Waals surface area (Å²) < 4.78 is 11.9. The van der Waals surface area contributed by atoms with E-state index in [1.54, 1.807) is 24.3 Å². The highest BCUT2D eigenvalue weighted by molar-refractivity contribution is 9.10. The van der Waals surface area contributed by atoms with E-state index in [1.165, 1.54) is 6.20 Å². The third-order valence-corrected chi connectivity index (χ3v) is 3.91.